The molecule has 0 aromatic heterocycles. The Bertz CT molecular complexity index is 48.3. The van der Waals surface area contributed by atoms with Crippen molar-refractivity contribution in [2.24, 2.45) is 0 Å². The fraction of sp³-hybridized carbons (Fsp3) is 0. The molecule has 0 bridgehead atoms. The van der Waals surface area contributed by atoms with Crippen LogP contribution in [-0.4, -0.2) is 239 Å². The van der Waals surface area contributed by atoms with E-state index in [4.69, 9.17) is 0 Å². The van der Waals surface area contributed by atoms with Crippen molar-refractivity contribution >= 4 is 239 Å². The van der Waals surface area contributed by atoms with Crippen LogP contribution < -0.4 is 1240 Å². The van der Waals surface area contributed by atoms with E-state index in [1.165, 1.54) is 0 Å². The minimum absolute atomic E-state index is 0. The Morgan fingerprint density at radius 3 is 0.0182 bits per heavy atom. The van der Waals surface area contributed by atoms with Crippen LogP contribution in [-0.2, 0) is 0 Å². The van der Waals surface area contributed by atoms with Crippen molar-refractivity contribution in [3.8, 4) is 0 Å². The van der Waals surface area contributed by atoms with Gasteiger partial charge in [0.05, 0.1) is 0 Å². The molecule has 0 saturated heterocycles. The normalized spacial score (nSPS) is 0. The van der Waals surface area contributed by atoms with Gasteiger partial charge in [-0.15, -0.1) is 0 Å². The molecule has 0 rings (SSSR count). The molecule has 0 spiro atoms. The molecule has 20 radical (unpaired) electrons. The van der Waals surface area contributed by atoms with Crippen molar-refractivity contribution in [1.29, 1.82) is 0 Å². The van der Waals surface area contributed by atoms with Crippen molar-refractivity contribution < 1.29 is 1240 Å². The molecule has 0 saturated carbocycles. The first-order valence-corrected chi connectivity index (χ1v) is 0. The predicted molar refractivity (Wildman–Crippen MR) is 57.5 cm³/mol. The smallest absolute Gasteiger partial charge is 1.00 e. The van der Waals surface area contributed by atoms with Gasteiger partial charge in [0, 0.05) is 0 Å². The first-order chi connectivity index (χ1) is 0. The molecule has 0 aliphatic carbocycles. The van der Waals surface area contributed by atoms with E-state index in [0.29, 0.717) is 0 Å². The van der Waals surface area contributed by atoms with Gasteiger partial charge < -0.3 is 1240 Å². The fourth-order valence-corrected chi connectivity index (χ4v) is 0. The Kier molecular flexibility index (Phi) is 46700. The molecule has 0 N–H and O–H groups in total. The number of halogens is 100. The van der Waals surface area contributed by atoms with Gasteiger partial charge in [0.25, 0.3) is 0 Å². The van der Waals surface area contributed by atoms with Crippen LogP contribution in [0, 0.1) is 0 Å². The molecule has 0 aromatic rings. The molecular weight excluding hydrogens is 4730 g/mol. The van der Waals surface area contributed by atoms with Crippen molar-refractivity contribution in [3.05, 3.63) is 0 Å². The molecule has 0 amide bonds. The van der Waals surface area contributed by atoms with Crippen molar-refractivity contribution in [2.75, 3.05) is 0 Å². The quantitative estimate of drug-likeness (QED) is 0.212. The molecule has 0 nitrogen and oxygen atoms in total. The van der Waals surface area contributed by atoms with Gasteiger partial charge in [0.2, 0.25) is 0 Å². The van der Waals surface area contributed by atoms with Gasteiger partial charge in [-0.05, 0) is 0 Å². The predicted octanol–water partition coefficient (Wildman–Crippen LogP) is -303. The van der Waals surface area contributed by atoms with Crippen LogP contribution in [0.25, 0.3) is 0 Å². The number of hydrogen-bond donors (Lipinski definition) is 0. The zero-order valence-electron chi connectivity index (χ0n) is 42.8. The molecule has 0 aliphatic heterocycles. The van der Waals surface area contributed by atoms with Crippen LogP contribution in [0.5, 0.6) is 0 Å². The van der Waals surface area contributed by atoms with Gasteiger partial charge in [0.15, 0.2) is 0 Å². The Morgan fingerprint density at radius 2 is 0.0182 bits per heavy atom. The van der Waals surface area contributed by atoms with Gasteiger partial charge in [-0.25, -0.2) is 0 Å². The van der Waals surface area contributed by atoms with Crippen LogP contribution in [0.2, 0.25) is 0 Å². The van der Waals surface area contributed by atoms with Gasteiger partial charge in [0.1, 0.15) is 0 Å². The third-order valence-electron chi connectivity index (χ3n) is 0. The van der Waals surface area contributed by atoms with Crippen LogP contribution >= 0.6 is 0 Å². The Morgan fingerprint density at radius 1 is 0.0182 bits per heavy atom. The maximum Gasteiger partial charge on any atom is 2.00 e. The van der Waals surface area contributed by atoms with E-state index < -0.39 is 0 Å². The van der Waals surface area contributed by atoms with Crippen LogP contribution in [0.15, 0.2) is 0 Å². The van der Waals surface area contributed by atoms with Gasteiger partial charge >= 0.3 is 239 Å². The summed E-state index contributed by atoms with van der Waals surface area (Å²) in [4.78, 5) is 0. The molecule has 0 aromatic carbocycles. The van der Waals surface area contributed by atoms with Crippen LogP contribution in [0.4, 0.5) is 0 Å². The second-order valence-corrected chi connectivity index (χ2v) is 0. The summed E-state index contributed by atoms with van der Waals surface area (Å²) in [5.74, 6) is 0. The number of hydrogen-bond acceptors (Lipinski definition) is 0. The van der Waals surface area contributed by atoms with Gasteiger partial charge in [-0.1, -0.05) is 0 Å². The summed E-state index contributed by atoms with van der Waals surface area (Å²) in [6, 6.07) is 0. The third-order valence-corrected chi connectivity index (χ3v) is 0. The van der Waals surface area contributed by atoms with Gasteiger partial charge in [-0.3, -0.25) is 0 Å². The van der Waals surface area contributed by atoms with E-state index in [1.807, 2.05) is 0 Å². The summed E-state index contributed by atoms with van der Waals surface area (Å²) in [5.41, 5.74) is 0. The van der Waals surface area contributed by atoms with E-state index in [1.54, 1.807) is 0 Å². The first kappa shape index (κ1) is 2290. The van der Waals surface area contributed by atoms with Crippen molar-refractivity contribution in [1.82, 2.24) is 0 Å². The van der Waals surface area contributed by atoms with Crippen LogP contribution in [0.1, 0.15) is 0 Å². The molecule has 0 heterocycles. The van der Waals surface area contributed by atoms with Crippen molar-refractivity contribution in [3.63, 3.8) is 0 Å². The van der Waals surface area contributed by atoms with E-state index in [-0.39, 0.29) is 1480 Å². The molecule has 0 unspecified atom stereocenters. The monoisotopic (exact) mass is 4700 g/mol. The van der Waals surface area contributed by atoms with E-state index in [9.17, 15) is 0 Å². The molecule has 110 heteroatoms. The van der Waals surface area contributed by atoms with Gasteiger partial charge in [-0.2, -0.15) is 0 Å². The maximum atomic E-state index is 0. The zero-order chi connectivity index (χ0) is 0. The summed E-state index contributed by atoms with van der Waals surface area (Å²) in [7, 11) is 0. The summed E-state index contributed by atoms with van der Waals surface area (Å²) in [5, 5.41) is 0. The minimum Gasteiger partial charge on any atom is -1.00 e. The summed E-state index contributed by atoms with van der Waals surface area (Å²) < 4.78 is 0. The SMILES string of the molecule is [Cl-].[Cl-].[Cl-].[Cl-].[Cl-].[Cl-].[Cl-].[Cl-].[Cl-].[Cl-].[Cl-].[Cl-].[Cl-].[Cl-].[Cl-].[Cl-].[Cl-].[Cl-].[Cl-].[Cl-].[Cl-].[Cl-].[Cl-].[Cl-].[Cl-].[Cl-].[Cl-].[Cl-].[Cl-].[Cl-].[Cl-].[Cl-].[Cl-].[Cl-].[Cl-].[Cl-].[Cl-].[Cl-].[Cl-].[Cl-].[Cl-].[Cl-].[Cl-].[Cl-].[Cl-].[Cl-].[Cl-].[Cl-].[Cl-].[Cl-].[Cl-].[Cl-].[Cl-].[Cl-].[Cl-].[Cl-].[Cl-].[Cl-].[Cl-].[Cl-].[Cl-].[Cl-].[Cl-].[Cl-].[Cl-].[Cl-].[Cl-].[Cl-].[Cl-].[Cl-].[Cl-].[Cl-].[Cl-].[Cl-].[Cl-].[Cl-].[Cl-].[Cl-].[Cl-].[Cl-].[Cl-].[Cl-].[Cl-].[Cl-].[Cl-].[Cl-].[Cl-].[Cl-].[Cl-].[Cl-].[Cl-].[Cl-].[Cl-].[Cl-].[Cl-].[Cl-].[Cl-].[Cl-].[Cl-].[Cl-].[Sn+2].[Sn+2].[Sn+2].[Sn+2].[Sn+2].[Sn+2].[Sn+2].[Sn+2].[Sn+2].[Sn+2]. The summed E-state index contributed by atoms with van der Waals surface area (Å²) in [6.07, 6.45) is 0. The molecule has 0 fully saturated rings. The number of rotatable bonds is 0. The first-order valence-electron chi connectivity index (χ1n) is 0. The van der Waals surface area contributed by atoms with Crippen LogP contribution in [0.3, 0.4) is 0 Å². The molecule has 0 aliphatic rings. The average Bonchev–Trinajstić information content (AvgIpc) is 0. The fourth-order valence-electron chi connectivity index (χ4n) is 0. The van der Waals surface area contributed by atoms with E-state index in [2.05, 4.69) is 0 Å². The third kappa shape index (κ3) is 2200. The molecule has 0 atom stereocenters. The zero-order valence-corrected chi connectivity index (χ0v) is 147. The summed E-state index contributed by atoms with van der Waals surface area (Å²) in [6.45, 7) is 0. The topological polar surface area (TPSA) is 0 Å². The second-order valence-electron chi connectivity index (χ2n) is 0. The Labute approximate surface area is 1450 Å². The molecule has 110 heavy (non-hydrogen) atoms. The van der Waals surface area contributed by atoms with Crippen molar-refractivity contribution in [2.45, 2.75) is 0 Å². The second kappa shape index (κ2) is 2240. The maximum absolute atomic E-state index is 0. The minimum atomic E-state index is 0. The van der Waals surface area contributed by atoms with E-state index >= 15 is 0 Å². The largest absolute Gasteiger partial charge is 2.00 e. The Balaban J connectivity index is 0. The molecular formula is Cl100Sn10-80. The summed E-state index contributed by atoms with van der Waals surface area (Å²) >= 11 is 0. The Hall–Kier alpha value is 37.0. The average molecular weight is 4730 g/mol. The molecule has 820 valence electrons. The van der Waals surface area contributed by atoms with E-state index in [0.717, 1.165) is 0 Å². The standard InChI is InChI=1S/100ClH.10Sn/h100*1H;;;;;;;;;;/q;;;;;;;;;;;;;;;;;;;;;;;;;;;;;;;;;;;;;;;;;;;;;;;;;;;;;;;;;;;;;;;;;;;;;;;;;;;;;;;;;;;;;;;;;;;;;;;;;;;;10*+2/p-100.